The van der Waals surface area contributed by atoms with Crippen LogP contribution in [0.4, 0.5) is 5.69 Å². The fraction of sp³-hybridized carbons (Fsp3) is 0.278. The number of ether oxygens (including phenoxy) is 1. The average Bonchev–Trinajstić information content (AvgIpc) is 2.69. The van der Waals surface area contributed by atoms with Gasteiger partial charge in [0.25, 0.3) is 15.9 Å². The monoisotopic (exact) mass is 470 g/mol. The van der Waals surface area contributed by atoms with E-state index < -0.39 is 10.0 Å². The molecule has 0 radical (unpaired) electrons. The number of para-hydroxylation sites is 1. The van der Waals surface area contributed by atoms with E-state index in [1.165, 1.54) is 23.9 Å². The summed E-state index contributed by atoms with van der Waals surface area (Å²) >= 11 is 4.74. The zero-order valence-corrected chi connectivity index (χ0v) is 17.9. The maximum absolute atomic E-state index is 12.9. The van der Waals surface area contributed by atoms with Gasteiger partial charge in [-0.3, -0.25) is 9.52 Å². The third-order valence-electron chi connectivity index (χ3n) is 4.13. The zero-order chi connectivity index (χ0) is 19.4. The van der Waals surface area contributed by atoms with E-state index in [0.717, 1.165) is 4.90 Å². The topological polar surface area (TPSA) is 75.7 Å². The number of rotatable bonds is 5. The highest BCUT2D eigenvalue weighted by molar-refractivity contribution is 9.10. The van der Waals surface area contributed by atoms with Gasteiger partial charge in [0.2, 0.25) is 0 Å². The van der Waals surface area contributed by atoms with Gasteiger partial charge in [0.15, 0.2) is 0 Å². The average molecular weight is 471 g/mol. The maximum Gasteiger partial charge on any atom is 0.261 e. The molecule has 0 saturated carbocycles. The molecule has 0 aromatic heterocycles. The number of carbonyl (C=O) groups is 1. The normalized spacial score (nSPS) is 14.8. The first-order valence-electron chi connectivity index (χ1n) is 8.25. The molecule has 0 spiro atoms. The second-order valence-corrected chi connectivity index (χ2v) is 9.24. The fourth-order valence-electron chi connectivity index (χ4n) is 2.71. The van der Waals surface area contributed by atoms with Crippen molar-refractivity contribution in [1.82, 2.24) is 4.90 Å². The lowest BCUT2D eigenvalue weighted by Crippen LogP contribution is -2.41. The number of thioether (sulfide) groups is 1. The van der Waals surface area contributed by atoms with Crippen LogP contribution in [0.25, 0.3) is 0 Å². The Balaban J connectivity index is 1.94. The maximum atomic E-state index is 12.9. The summed E-state index contributed by atoms with van der Waals surface area (Å²) in [6.07, 6.45) is 1.86. The number of hydrogen-bond donors (Lipinski definition) is 1. The fourth-order valence-corrected chi connectivity index (χ4v) is 4.90. The lowest BCUT2D eigenvalue weighted by atomic mass is 10.2. The Kier molecular flexibility index (Phi) is 6.46. The second-order valence-electron chi connectivity index (χ2n) is 5.85. The Morgan fingerprint density at radius 2 is 1.89 bits per heavy atom. The second kappa shape index (κ2) is 8.64. The number of morpholine rings is 1. The van der Waals surface area contributed by atoms with Crippen molar-refractivity contribution in [3.8, 4) is 0 Å². The molecule has 1 N–H and O–H groups in total. The lowest BCUT2D eigenvalue weighted by molar-refractivity contribution is 0.0300. The molecule has 1 heterocycles. The van der Waals surface area contributed by atoms with Gasteiger partial charge >= 0.3 is 0 Å². The van der Waals surface area contributed by atoms with Crippen molar-refractivity contribution >= 4 is 49.3 Å². The smallest absolute Gasteiger partial charge is 0.261 e. The van der Waals surface area contributed by atoms with Gasteiger partial charge < -0.3 is 9.64 Å². The number of amides is 1. The van der Waals surface area contributed by atoms with Gasteiger partial charge in [-0.2, -0.15) is 0 Å². The molecule has 1 aliphatic heterocycles. The summed E-state index contributed by atoms with van der Waals surface area (Å²) in [5.74, 6) is -0.180. The van der Waals surface area contributed by atoms with Crippen molar-refractivity contribution in [2.24, 2.45) is 0 Å². The summed E-state index contributed by atoms with van der Waals surface area (Å²) < 4.78 is 34.1. The predicted molar refractivity (Wildman–Crippen MR) is 110 cm³/mol. The van der Waals surface area contributed by atoms with E-state index in [0.29, 0.717) is 42.0 Å². The first-order valence-corrected chi connectivity index (χ1v) is 11.7. The van der Waals surface area contributed by atoms with Crippen LogP contribution in [0.3, 0.4) is 0 Å². The van der Waals surface area contributed by atoms with Crippen molar-refractivity contribution in [1.29, 1.82) is 0 Å². The Hall–Kier alpha value is -1.55. The molecular weight excluding hydrogens is 452 g/mol. The molecule has 0 unspecified atom stereocenters. The van der Waals surface area contributed by atoms with Crippen molar-refractivity contribution in [2.75, 3.05) is 37.3 Å². The van der Waals surface area contributed by atoms with Crippen molar-refractivity contribution in [2.45, 2.75) is 9.79 Å². The molecule has 27 heavy (non-hydrogen) atoms. The van der Waals surface area contributed by atoms with E-state index in [9.17, 15) is 13.2 Å². The predicted octanol–water partition coefficient (Wildman–Crippen LogP) is 3.44. The van der Waals surface area contributed by atoms with Crippen LogP contribution >= 0.6 is 27.7 Å². The van der Waals surface area contributed by atoms with Gasteiger partial charge in [0, 0.05) is 22.5 Å². The van der Waals surface area contributed by atoms with E-state index in [-0.39, 0.29) is 10.8 Å². The minimum atomic E-state index is -3.83. The Bertz CT molecular complexity index is 944. The highest BCUT2D eigenvalue weighted by Gasteiger charge is 2.24. The Labute approximate surface area is 171 Å². The minimum absolute atomic E-state index is 0.0488. The molecular formula is C18H19BrN2O4S2. The van der Waals surface area contributed by atoms with Crippen LogP contribution in [-0.4, -0.2) is 51.8 Å². The molecule has 1 saturated heterocycles. The van der Waals surface area contributed by atoms with Crippen LogP contribution < -0.4 is 4.72 Å². The minimum Gasteiger partial charge on any atom is -0.378 e. The van der Waals surface area contributed by atoms with Gasteiger partial charge in [-0.15, -0.1) is 11.8 Å². The van der Waals surface area contributed by atoms with Crippen LogP contribution in [-0.2, 0) is 14.8 Å². The lowest BCUT2D eigenvalue weighted by Gasteiger charge is -2.27. The van der Waals surface area contributed by atoms with E-state index in [1.54, 1.807) is 35.2 Å². The molecule has 1 amide bonds. The molecule has 6 nitrogen and oxygen atoms in total. The third kappa shape index (κ3) is 4.66. The number of nitrogens with zero attached hydrogens (tertiary/aromatic N) is 1. The number of nitrogens with one attached hydrogen (secondary N) is 1. The van der Waals surface area contributed by atoms with Crippen LogP contribution in [0.5, 0.6) is 0 Å². The number of hydrogen-bond acceptors (Lipinski definition) is 5. The van der Waals surface area contributed by atoms with Gasteiger partial charge in [-0.05, 0) is 52.5 Å². The molecule has 2 aromatic carbocycles. The molecule has 3 rings (SSSR count). The van der Waals surface area contributed by atoms with E-state index in [4.69, 9.17) is 4.74 Å². The summed E-state index contributed by atoms with van der Waals surface area (Å²) in [6, 6.07) is 11.6. The molecule has 2 aromatic rings. The number of anilines is 1. The van der Waals surface area contributed by atoms with Crippen LogP contribution in [0.2, 0.25) is 0 Å². The molecule has 1 fully saturated rings. The van der Waals surface area contributed by atoms with Crippen LogP contribution in [0, 0.1) is 0 Å². The van der Waals surface area contributed by atoms with Crippen LogP contribution in [0.15, 0.2) is 56.7 Å². The standard InChI is InChI=1S/C18H19BrN2O4S2/c1-26-17-7-6-13(12-14(17)18(22)21-8-10-25-11-9-21)27(23,24)20-16-5-3-2-4-15(16)19/h2-7,12,20H,8-11H2,1H3. The number of halogens is 1. The van der Waals surface area contributed by atoms with Gasteiger partial charge in [-0.1, -0.05) is 12.1 Å². The first kappa shape index (κ1) is 20.2. The molecule has 0 atom stereocenters. The summed E-state index contributed by atoms with van der Waals surface area (Å²) in [6.45, 7) is 1.97. The third-order valence-corrected chi connectivity index (χ3v) is 6.98. The number of benzene rings is 2. The first-order chi connectivity index (χ1) is 12.9. The molecule has 1 aliphatic rings. The SMILES string of the molecule is CSc1ccc(S(=O)(=O)Nc2ccccc2Br)cc1C(=O)N1CCOCC1. The van der Waals surface area contributed by atoms with Crippen LogP contribution in [0.1, 0.15) is 10.4 Å². The molecule has 0 bridgehead atoms. The zero-order valence-electron chi connectivity index (χ0n) is 14.6. The largest absolute Gasteiger partial charge is 0.378 e. The Morgan fingerprint density at radius 1 is 1.19 bits per heavy atom. The molecule has 9 heteroatoms. The highest BCUT2D eigenvalue weighted by Crippen LogP contribution is 2.28. The molecule has 0 aliphatic carbocycles. The van der Waals surface area contributed by atoms with Crippen molar-refractivity contribution < 1.29 is 17.9 Å². The van der Waals surface area contributed by atoms with E-state index in [2.05, 4.69) is 20.7 Å². The number of carbonyl (C=O) groups excluding carboxylic acids is 1. The van der Waals surface area contributed by atoms with Crippen molar-refractivity contribution in [3.63, 3.8) is 0 Å². The summed E-state index contributed by atoms with van der Waals surface area (Å²) in [5, 5.41) is 0. The number of sulfonamides is 1. The van der Waals surface area contributed by atoms with Gasteiger partial charge in [0.1, 0.15) is 0 Å². The summed E-state index contributed by atoms with van der Waals surface area (Å²) in [5.41, 5.74) is 0.826. The quantitative estimate of drug-likeness (QED) is 0.677. The highest BCUT2D eigenvalue weighted by atomic mass is 79.9. The molecule has 144 valence electrons. The summed E-state index contributed by atoms with van der Waals surface area (Å²) in [7, 11) is -3.83. The van der Waals surface area contributed by atoms with E-state index >= 15 is 0 Å². The van der Waals surface area contributed by atoms with Gasteiger partial charge in [-0.25, -0.2) is 8.42 Å². The Morgan fingerprint density at radius 3 is 2.56 bits per heavy atom. The van der Waals surface area contributed by atoms with Crippen molar-refractivity contribution in [3.05, 3.63) is 52.5 Å². The van der Waals surface area contributed by atoms with E-state index in [1.807, 2.05) is 6.26 Å². The summed E-state index contributed by atoms with van der Waals surface area (Å²) in [4.78, 5) is 15.4. The van der Waals surface area contributed by atoms with Gasteiger partial charge in [0.05, 0.1) is 29.4 Å².